The van der Waals surface area contributed by atoms with Crippen LogP contribution >= 0.6 is 0 Å². The predicted octanol–water partition coefficient (Wildman–Crippen LogP) is 4.07. The Kier molecular flexibility index (Phi) is 10.5. The molecule has 0 saturated carbocycles. The summed E-state index contributed by atoms with van der Waals surface area (Å²) in [5.74, 6) is -2.81. The van der Waals surface area contributed by atoms with E-state index in [0.29, 0.717) is 43.5 Å². The van der Waals surface area contributed by atoms with Crippen molar-refractivity contribution in [3.8, 4) is 6.07 Å². The van der Waals surface area contributed by atoms with Crippen molar-refractivity contribution in [2.75, 3.05) is 58.5 Å². The van der Waals surface area contributed by atoms with Crippen LogP contribution in [0.1, 0.15) is 42.9 Å². The van der Waals surface area contributed by atoms with Crippen LogP contribution in [-0.2, 0) is 14.3 Å². The van der Waals surface area contributed by atoms with Gasteiger partial charge in [0.15, 0.2) is 11.6 Å². The first kappa shape index (κ1) is 32.8. The Balaban J connectivity index is 1.22. The van der Waals surface area contributed by atoms with Crippen LogP contribution in [0.25, 0.3) is 0 Å². The van der Waals surface area contributed by atoms with Crippen LogP contribution in [0, 0.1) is 28.9 Å². The number of ether oxygens (including phenoxy) is 2. The molecule has 11 nitrogen and oxygen atoms in total. The van der Waals surface area contributed by atoms with Crippen LogP contribution in [0.15, 0.2) is 53.7 Å². The summed E-state index contributed by atoms with van der Waals surface area (Å²) in [6.45, 7) is 3.08. The number of piperidine rings is 2. The summed E-state index contributed by atoms with van der Waals surface area (Å²) in [7, 11) is 2.52. The van der Waals surface area contributed by atoms with Gasteiger partial charge in [-0.1, -0.05) is 18.2 Å². The van der Waals surface area contributed by atoms with E-state index >= 15 is 0 Å². The molecule has 0 unspecified atom stereocenters. The number of nitrogens with one attached hydrogen (secondary N) is 2. The molecule has 3 aliphatic heterocycles. The molecule has 2 fully saturated rings. The molecule has 0 bridgehead atoms. The summed E-state index contributed by atoms with van der Waals surface area (Å²) in [6, 6.07) is 10.4. The van der Waals surface area contributed by atoms with Crippen molar-refractivity contribution < 1.29 is 32.6 Å². The second-order valence-electron chi connectivity index (χ2n) is 11.7. The second kappa shape index (κ2) is 14.7. The highest BCUT2D eigenvalue weighted by molar-refractivity contribution is 6.01. The van der Waals surface area contributed by atoms with E-state index in [1.165, 1.54) is 13.2 Å². The zero-order chi connectivity index (χ0) is 32.8. The topological polar surface area (TPSA) is 127 Å². The number of para-hydroxylation sites is 1. The first-order chi connectivity index (χ1) is 22.2. The average Bonchev–Trinajstić information content (AvgIpc) is 3.08. The molecule has 0 aliphatic carbocycles. The fourth-order valence-electron chi connectivity index (χ4n) is 6.45. The molecule has 2 saturated heterocycles. The zero-order valence-corrected chi connectivity index (χ0v) is 25.9. The van der Waals surface area contributed by atoms with Gasteiger partial charge in [-0.3, -0.25) is 0 Å². The molecule has 0 spiro atoms. The molecule has 2 aromatic carbocycles. The summed E-state index contributed by atoms with van der Waals surface area (Å²) < 4.78 is 38.4. The lowest BCUT2D eigenvalue weighted by Gasteiger charge is -2.41. The van der Waals surface area contributed by atoms with E-state index < -0.39 is 35.7 Å². The van der Waals surface area contributed by atoms with Gasteiger partial charge in [-0.15, -0.1) is 0 Å². The molecule has 244 valence electrons. The number of carbonyl (C=O) groups excluding carboxylic acids is 3. The van der Waals surface area contributed by atoms with Crippen molar-refractivity contribution in [3.63, 3.8) is 0 Å². The number of halogens is 2. The molecule has 2 N–H and O–H groups in total. The monoisotopic (exact) mass is 636 g/mol. The molecule has 2 aromatic rings. The average molecular weight is 637 g/mol. The number of urea groups is 2. The number of methoxy groups -OCH3 is 2. The third-order valence-corrected chi connectivity index (χ3v) is 8.93. The van der Waals surface area contributed by atoms with Gasteiger partial charge in [0, 0.05) is 39.3 Å². The Bertz CT molecular complexity index is 1530. The van der Waals surface area contributed by atoms with E-state index in [4.69, 9.17) is 9.47 Å². The van der Waals surface area contributed by atoms with Crippen molar-refractivity contribution in [2.24, 2.45) is 5.92 Å². The predicted molar refractivity (Wildman–Crippen MR) is 164 cm³/mol. The number of imide groups is 1. The van der Waals surface area contributed by atoms with Gasteiger partial charge in [0.25, 0.3) is 0 Å². The molecular formula is C33H38F2N6O5. The fourth-order valence-corrected chi connectivity index (χ4v) is 6.45. The summed E-state index contributed by atoms with van der Waals surface area (Å²) in [4.78, 5) is 44.9. The Labute approximate surface area is 266 Å². The lowest BCUT2D eigenvalue weighted by molar-refractivity contribution is -0.137. The van der Waals surface area contributed by atoms with Crippen LogP contribution in [0.2, 0.25) is 0 Å². The van der Waals surface area contributed by atoms with Gasteiger partial charge in [-0.25, -0.2) is 28.1 Å². The highest BCUT2D eigenvalue weighted by atomic mass is 19.2. The van der Waals surface area contributed by atoms with Crippen molar-refractivity contribution in [3.05, 3.63) is 76.5 Å². The third kappa shape index (κ3) is 6.98. The number of hydrogen-bond donors (Lipinski definition) is 2. The maximum absolute atomic E-state index is 14.4. The maximum Gasteiger partial charge on any atom is 0.338 e. The lowest BCUT2D eigenvalue weighted by atomic mass is 9.93. The molecule has 0 radical (unpaired) electrons. The van der Waals surface area contributed by atoms with E-state index in [2.05, 4.69) is 21.6 Å². The molecular weight excluding hydrogens is 598 g/mol. The van der Waals surface area contributed by atoms with Crippen molar-refractivity contribution in [1.29, 1.82) is 5.26 Å². The Morgan fingerprint density at radius 3 is 2.39 bits per heavy atom. The largest absolute Gasteiger partial charge is 0.466 e. The summed E-state index contributed by atoms with van der Waals surface area (Å²) in [6.07, 6.45) is 3.31. The van der Waals surface area contributed by atoms with Crippen LogP contribution in [0.3, 0.4) is 0 Å². The van der Waals surface area contributed by atoms with Gasteiger partial charge >= 0.3 is 18.0 Å². The number of likely N-dealkylation sites (tertiary alicyclic amines) is 1. The minimum absolute atomic E-state index is 0.0392. The molecule has 46 heavy (non-hydrogen) atoms. The number of benzene rings is 2. The molecule has 1 atom stereocenters. The van der Waals surface area contributed by atoms with Crippen molar-refractivity contribution in [1.82, 2.24) is 20.4 Å². The number of esters is 1. The second-order valence-corrected chi connectivity index (χ2v) is 11.7. The van der Waals surface area contributed by atoms with E-state index in [9.17, 15) is 28.4 Å². The quantitative estimate of drug-likeness (QED) is 0.416. The lowest BCUT2D eigenvalue weighted by Crippen LogP contribution is -2.57. The van der Waals surface area contributed by atoms with Crippen LogP contribution in [0.5, 0.6) is 0 Å². The molecule has 3 heterocycles. The van der Waals surface area contributed by atoms with Crippen LogP contribution in [-0.4, -0.2) is 87.4 Å². The smallest absolute Gasteiger partial charge is 0.338 e. The van der Waals surface area contributed by atoms with Gasteiger partial charge in [-0.2, -0.15) is 5.26 Å². The molecule has 3 aliphatic rings. The minimum atomic E-state index is -1.36. The number of hydrogen-bond acceptors (Lipinski definition) is 8. The Morgan fingerprint density at radius 1 is 1.02 bits per heavy atom. The van der Waals surface area contributed by atoms with Gasteiger partial charge in [0.2, 0.25) is 0 Å². The van der Waals surface area contributed by atoms with Gasteiger partial charge in [0.1, 0.15) is 12.1 Å². The number of rotatable bonds is 8. The van der Waals surface area contributed by atoms with E-state index in [1.54, 1.807) is 4.90 Å². The van der Waals surface area contributed by atoms with E-state index in [1.807, 2.05) is 24.3 Å². The highest BCUT2D eigenvalue weighted by Gasteiger charge is 2.45. The first-order valence-electron chi connectivity index (χ1n) is 15.4. The van der Waals surface area contributed by atoms with Crippen LogP contribution in [0.4, 0.5) is 24.1 Å². The Morgan fingerprint density at radius 2 is 1.74 bits per heavy atom. The first-order valence-corrected chi connectivity index (χ1v) is 15.4. The third-order valence-electron chi connectivity index (χ3n) is 8.93. The zero-order valence-electron chi connectivity index (χ0n) is 25.9. The van der Waals surface area contributed by atoms with Gasteiger partial charge in [-0.05, 0) is 68.0 Å². The highest BCUT2D eigenvalue weighted by Crippen LogP contribution is 2.36. The summed E-state index contributed by atoms with van der Waals surface area (Å²) in [5.41, 5.74) is 1.66. The normalized spacial score (nSPS) is 19.6. The van der Waals surface area contributed by atoms with Crippen LogP contribution < -0.4 is 15.5 Å². The Hall–Kier alpha value is -4.54. The number of carbonyl (C=O) groups is 3. The minimum Gasteiger partial charge on any atom is -0.466 e. The number of nitriles is 1. The molecule has 5 rings (SSSR count). The number of nitrogens with zero attached hydrogens (tertiary/aromatic N) is 4. The van der Waals surface area contributed by atoms with E-state index in [0.717, 1.165) is 62.3 Å². The summed E-state index contributed by atoms with van der Waals surface area (Å²) >= 11 is 0. The van der Waals surface area contributed by atoms with Gasteiger partial charge in [0.05, 0.1) is 36.2 Å². The van der Waals surface area contributed by atoms with Gasteiger partial charge < -0.3 is 29.9 Å². The van der Waals surface area contributed by atoms with E-state index in [-0.39, 0.29) is 23.4 Å². The van der Waals surface area contributed by atoms with Crippen molar-refractivity contribution >= 4 is 23.7 Å². The number of amides is 4. The van der Waals surface area contributed by atoms with Crippen molar-refractivity contribution in [2.45, 2.75) is 37.8 Å². The SMILES string of the molecule is COCC1=C(C(=O)OC)[C@H](c2ccc(F)c(F)c2)N(C(=O)N2CCC(CNC3CCN(c4ccccc4C#N)CC3)CC2)C(=O)N1. The summed E-state index contributed by atoms with van der Waals surface area (Å²) in [5, 5.41) is 15.7. The number of anilines is 1. The molecule has 0 aromatic heterocycles. The standard InChI is InChI=1S/C33H38F2N6O5/c1-45-20-27-29(31(42)46-2)30(22-7-8-25(34)26(35)17-22)41(32(43)38-27)33(44)40-13-9-21(10-14-40)19-37-24-11-15-39(16-12-24)28-6-4-3-5-23(28)18-36/h3-8,17,21,24,30,37H,9-16,19-20H2,1-2H3,(H,38,43)/t30-/m0/s1. The maximum atomic E-state index is 14.4. The fraction of sp³-hybridized carbons (Fsp3) is 0.455. The molecule has 4 amide bonds. The molecule has 13 heteroatoms.